The Morgan fingerprint density at radius 2 is 1.96 bits per heavy atom. The summed E-state index contributed by atoms with van der Waals surface area (Å²) in [6.45, 7) is 1.81. The molecular weight excluding hydrogens is 306 g/mol. The van der Waals surface area contributed by atoms with Crippen LogP contribution in [-0.4, -0.2) is 60.2 Å². The first-order valence-corrected chi connectivity index (χ1v) is 8.48. The van der Waals surface area contributed by atoms with Crippen LogP contribution in [0.25, 0.3) is 0 Å². The van der Waals surface area contributed by atoms with Crippen LogP contribution in [0.5, 0.6) is 0 Å². The number of carbonyl (C=O) groups is 3. The van der Waals surface area contributed by atoms with Gasteiger partial charge in [0.1, 0.15) is 6.04 Å². The zero-order valence-corrected chi connectivity index (χ0v) is 14.0. The minimum atomic E-state index is -0.410. The monoisotopic (exact) mass is 329 g/mol. The van der Waals surface area contributed by atoms with E-state index >= 15 is 0 Å². The molecule has 2 aliphatic rings. The summed E-state index contributed by atoms with van der Waals surface area (Å²) < 4.78 is 0. The van der Waals surface area contributed by atoms with Gasteiger partial charge in [-0.15, -0.1) is 0 Å². The number of hydrogen-bond donors (Lipinski definition) is 0. The third-order valence-corrected chi connectivity index (χ3v) is 4.87. The molecule has 2 fully saturated rings. The molecule has 0 radical (unpaired) electrons. The van der Waals surface area contributed by atoms with Crippen LogP contribution in [0.4, 0.5) is 5.69 Å². The molecular formula is C18H23N3O3. The van der Waals surface area contributed by atoms with Gasteiger partial charge in [-0.2, -0.15) is 0 Å². The van der Waals surface area contributed by atoms with Crippen LogP contribution in [-0.2, 0) is 14.4 Å². The highest BCUT2D eigenvalue weighted by atomic mass is 16.2. The summed E-state index contributed by atoms with van der Waals surface area (Å²) >= 11 is 0. The molecule has 2 aliphatic heterocycles. The van der Waals surface area contributed by atoms with E-state index < -0.39 is 6.04 Å². The molecule has 1 aromatic rings. The second kappa shape index (κ2) is 7.03. The highest BCUT2D eigenvalue weighted by molar-refractivity contribution is 6.01. The molecule has 3 rings (SSSR count). The molecule has 0 saturated carbocycles. The summed E-state index contributed by atoms with van der Waals surface area (Å²) in [5.41, 5.74) is 0.869. The first-order chi connectivity index (χ1) is 11.6. The molecule has 0 spiro atoms. The van der Waals surface area contributed by atoms with Crippen LogP contribution in [0.1, 0.15) is 25.7 Å². The number of para-hydroxylation sites is 1. The molecule has 0 N–H and O–H groups in total. The number of carbonyl (C=O) groups excluding carboxylic acids is 3. The van der Waals surface area contributed by atoms with Gasteiger partial charge in [-0.3, -0.25) is 14.4 Å². The lowest BCUT2D eigenvalue weighted by Gasteiger charge is -2.25. The van der Waals surface area contributed by atoms with E-state index in [4.69, 9.17) is 0 Å². The van der Waals surface area contributed by atoms with Crippen molar-refractivity contribution in [3.63, 3.8) is 0 Å². The van der Waals surface area contributed by atoms with Gasteiger partial charge in [-0.1, -0.05) is 18.2 Å². The minimum Gasteiger partial charge on any atom is -0.342 e. The predicted molar refractivity (Wildman–Crippen MR) is 90.4 cm³/mol. The molecule has 1 aromatic carbocycles. The van der Waals surface area contributed by atoms with Crippen molar-refractivity contribution < 1.29 is 14.4 Å². The van der Waals surface area contributed by atoms with Crippen LogP contribution in [0.15, 0.2) is 30.3 Å². The summed E-state index contributed by atoms with van der Waals surface area (Å²) in [6.07, 6.45) is 2.36. The summed E-state index contributed by atoms with van der Waals surface area (Å²) in [7, 11) is 1.69. The van der Waals surface area contributed by atoms with Gasteiger partial charge in [0.25, 0.3) is 0 Å². The van der Waals surface area contributed by atoms with Gasteiger partial charge in [-0.25, -0.2) is 0 Å². The quantitative estimate of drug-likeness (QED) is 0.817. The maximum absolute atomic E-state index is 12.6. The first kappa shape index (κ1) is 16.5. The van der Waals surface area contributed by atoms with Gasteiger partial charge in [0.15, 0.2) is 0 Å². The van der Waals surface area contributed by atoms with Crippen molar-refractivity contribution in [3.8, 4) is 0 Å². The number of hydrogen-bond acceptors (Lipinski definition) is 3. The number of likely N-dealkylation sites (tertiary alicyclic amines) is 1. The van der Waals surface area contributed by atoms with Crippen LogP contribution < -0.4 is 4.90 Å². The van der Waals surface area contributed by atoms with Crippen molar-refractivity contribution >= 4 is 23.4 Å². The molecule has 6 heteroatoms. The van der Waals surface area contributed by atoms with E-state index in [0.29, 0.717) is 25.9 Å². The van der Waals surface area contributed by atoms with E-state index in [1.54, 1.807) is 21.7 Å². The summed E-state index contributed by atoms with van der Waals surface area (Å²) in [6, 6.07) is 9.11. The van der Waals surface area contributed by atoms with E-state index in [2.05, 4.69) is 0 Å². The highest BCUT2D eigenvalue weighted by Crippen LogP contribution is 2.24. The maximum Gasteiger partial charge on any atom is 0.249 e. The molecule has 1 atom stereocenters. The van der Waals surface area contributed by atoms with Gasteiger partial charge < -0.3 is 14.7 Å². The number of nitrogens with zero attached hydrogens (tertiary/aromatic N) is 3. The van der Waals surface area contributed by atoms with Crippen LogP contribution in [0, 0.1) is 0 Å². The molecule has 1 unspecified atom stereocenters. The standard InChI is InChI=1S/C18H23N3O3/c1-19(16(22)10-12-20-11-5-8-17(20)23)15-9-13-21(18(15)24)14-6-3-2-4-7-14/h2-4,6-7,15H,5,8-13H2,1H3. The van der Waals surface area contributed by atoms with Crippen LogP contribution >= 0.6 is 0 Å². The number of anilines is 1. The Hall–Kier alpha value is -2.37. The molecule has 0 bridgehead atoms. The average molecular weight is 329 g/mol. The zero-order valence-electron chi connectivity index (χ0n) is 14.0. The Morgan fingerprint density at radius 3 is 2.62 bits per heavy atom. The van der Waals surface area contributed by atoms with Crippen molar-refractivity contribution in [2.45, 2.75) is 31.7 Å². The lowest BCUT2D eigenvalue weighted by Crippen LogP contribution is -2.44. The van der Waals surface area contributed by atoms with Gasteiger partial charge >= 0.3 is 0 Å². The number of benzene rings is 1. The Morgan fingerprint density at radius 1 is 1.21 bits per heavy atom. The third kappa shape index (κ3) is 3.27. The van der Waals surface area contributed by atoms with Crippen LogP contribution in [0.2, 0.25) is 0 Å². The topological polar surface area (TPSA) is 60.9 Å². The summed E-state index contributed by atoms with van der Waals surface area (Å²) in [5, 5.41) is 0. The fourth-order valence-corrected chi connectivity index (χ4v) is 3.41. The lowest BCUT2D eigenvalue weighted by atomic mass is 10.2. The largest absolute Gasteiger partial charge is 0.342 e. The zero-order chi connectivity index (χ0) is 17.1. The second-order valence-corrected chi connectivity index (χ2v) is 6.37. The second-order valence-electron chi connectivity index (χ2n) is 6.37. The molecule has 3 amide bonds. The fraction of sp³-hybridized carbons (Fsp3) is 0.500. The van der Waals surface area contributed by atoms with E-state index in [-0.39, 0.29) is 24.1 Å². The Kier molecular flexibility index (Phi) is 4.83. The van der Waals surface area contributed by atoms with E-state index in [0.717, 1.165) is 18.7 Å². The molecule has 2 saturated heterocycles. The first-order valence-electron chi connectivity index (χ1n) is 8.48. The van der Waals surface area contributed by atoms with Crippen molar-refractivity contribution in [2.75, 3.05) is 31.6 Å². The van der Waals surface area contributed by atoms with Gasteiger partial charge in [0, 0.05) is 45.2 Å². The van der Waals surface area contributed by atoms with Gasteiger partial charge in [0.2, 0.25) is 17.7 Å². The van der Waals surface area contributed by atoms with Gasteiger partial charge in [0.05, 0.1) is 0 Å². The maximum atomic E-state index is 12.6. The number of rotatable bonds is 5. The van der Waals surface area contributed by atoms with E-state index in [1.807, 2.05) is 30.3 Å². The molecule has 0 aliphatic carbocycles. The SMILES string of the molecule is CN(C(=O)CCN1CCCC1=O)C1CCN(c2ccccc2)C1=O. The van der Waals surface area contributed by atoms with Crippen molar-refractivity contribution in [2.24, 2.45) is 0 Å². The number of amides is 3. The predicted octanol–water partition coefficient (Wildman–Crippen LogP) is 1.26. The van der Waals surface area contributed by atoms with Gasteiger partial charge in [-0.05, 0) is 25.0 Å². The van der Waals surface area contributed by atoms with Crippen LogP contribution in [0.3, 0.4) is 0 Å². The van der Waals surface area contributed by atoms with E-state index in [1.165, 1.54) is 0 Å². The minimum absolute atomic E-state index is 0.0331. The highest BCUT2D eigenvalue weighted by Gasteiger charge is 2.37. The number of likely N-dealkylation sites (N-methyl/N-ethyl adjacent to an activating group) is 1. The molecule has 6 nitrogen and oxygen atoms in total. The summed E-state index contributed by atoms with van der Waals surface area (Å²) in [5.74, 6) is 0.00918. The summed E-state index contributed by atoms with van der Waals surface area (Å²) in [4.78, 5) is 41.7. The fourth-order valence-electron chi connectivity index (χ4n) is 3.41. The van der Waals surface area contributed by atoms with Crippen molar-refractivity contribution in [1.29, 1.82) is 0 Å². The molecule has 0 aromatic heterocycles. The third-order valence-electron chi connectivity index (χ3n) is 4.87. The van der Waals surface area contributed by atoms with Crippen molar-refractivity contribution in [1.82, 2.24) is 9.80 Å². The normalized spacial score (nSPS) is 20.8. The Labute approximate surface area is 142 Å². The smallest absolute Gasteiger partial charge is 0.249 e. The van der Waals surface area contributed by atoms with Crippen molar-refractivity contribution in [3.05, 3.63) is 30.3 Å². The molecule has 24 heavy (non-hydrogen) atoms. The van der Waals surface area contributed by atoms with E-state index in [9.17, 15) is 14.4 Å². The lowest BCUT2D eigenvalue weighted by molar-refractivity contribution is -0.137. The average Bonchev–Trinajstić information content (AvgIpc) is 3.18. The molecule has 2 heterocycles. The molecule has 128 valence electrons. The Bertz CT molecular complexity index is 632. The Balaban J connectivity index is 1.57.